The molecule has 3 unspecified atom stereocenters. The molecule has 9 heteroatoms. The molecule has 3 atom stereocenters. The van der Waals surface area contributed by atoms with Crippen molar-refractivity contribution >= 4 is 15.9 Å². The molecule has 29 heavy (non-hydrogen) atoms. The summed E-state index contributed by atoms with van der Waals surface area (Å²) in [6.07, 6.45) is -1.17. The molecule has 1 fully saturated rings. The van der Waals surface area contributed by atoms with E-state index in [9.17, 15) is 18.5 Å². The van der Waals surface area contributed by atoms with Crippen LogP contribution in [0, 0.1) is 17.2 Å². The van der Waals surface area contributed by atoms with Gasteiger partial charge < -0.3 is 14.8 Å². The number of para-hydroxylation sites is 1. The van der Waals surface area contributed by atoms with Gasteiger partial charge in [0.05, 0.1) is 23.5 Å². The Hall–Kier alpha value is -2.15. The highest BCUT2D eigenvalue weighted by Gasteiger charge is 2.31. The molecule has 1 aliphatic rings. The Morgan fingerprint density at radius 3 is 2.52 bits per heavy atom. The van der Waals surface area contributed by atoms with E-state index in [1.54, 1.807) is 24.3 Å². The third-order valence-electron chi connectivity index (χ3n) is 4.56. The second kappa shape index (κ2) is 10.1. The molecule has 0 bridgehead atoms. The summed E-state index contributed by atoms with van der Waals surface area (Å²) < 4.78 is 37.9. The van der Waals surface area contributed by atoms with Crippen molar-refractivity contribution in [3.63, 3.8) is 0 Å². The summed E-state index contributed by atoms with van der Waals surface area (Å²) in [5.41, 5.74) is 0.337. The minimum Gasteiger partial charge on any atom is -0.479 e. The fourth-order valence-corrected chi connectivity index (χ4v) is 4.67. The summed E-state index contributed by atoms with van der Waals surface area (Å²) in [6, 6.07) is 8.72. The molecular formula is C20H29N3O5S. The van der Waals surface area contributed by atoms with Crippen LogP contribution in [-0.4, -0.2) is 62.3 Å². The van der Waals surface area contributed by atoms with Gasteiger partial charge in [0.1, 0.15) is 11.8 Å². The number of nitriles is 1. The number of hydrogen-bond acceptors (Lipinski definition) is 6. The SMILES string of the molecule is CC1CN(S(=O)(=O)CCNC(=O)C(Oc2ccccc2C#N)C(C)C)CC(C)O1. The van der Waals surface area contributed by atoms with Gasteiger partial charge in [0.15, 0.2) is 6.10 Å². The van der Waals surface area contributed by atoms with Gasteiger partial charge in [-0.25, -0.2) is 8.42 Å². The summed E-state index contributed by atoms with van der Waals surface area (Å²) >= 11 is 0. The first-order valence-corrected chi connectivity index (χ1v) is 11.3. The molecule has 0 aromatic heterocycles. The zero-order valence-electron chi connectivity index (χ0n) is 17.3. The Labute approximate surface area is 172 Å². The number of nitrogens with zero attached hydrogens (tertiary/aromatic N) is 2. The van der Waals surface area contributed by atoms with E-state index in [1.165, 1.54) is 4.31 Å². The fourth-order valence-electron chi connectivity index (χ4n) is 3.18. The summed E-state index contributed by atoms with van der Waals surface area (Å²) in [5, 5.41) is 11.8. The maximum absolute atomic E-state index is 12.6. The molecule has 0 radical (unpaired) electrons. The number of ether oxygens (including phenoxy) is 2. The first kappa shape index (κ1) is 23.1. The number of benzene rings is 1. The predicted molar refractivity (Wildman–Crippen MR) is 109 cm³/mol. The third kappa shape index (κ3) is 6.42. The molecule has 1 N–H and O–H groups in total. The molecule has 1 amide bonds. The molecule has 1 aromatic rings. The molecule has 0 aliphatic carbocycles. The number of carbonyl (C=O) groups is 1. The van der Waals surface area contributed by atoms with Crippen LogP contribution >= 0.6 is 0 Å². The van der Waals surface area contributed by atoms with Crippen LogP contribution < -0.4 is 10.1 Å². The summed E-state index contributed by atoms with van der Waals surface area (Å²) in [5.74, 6) is -0.448. The van der Waals surface area contributed by atoms with E-state index in [0.717, 1.165) is 0 Å². The van der Waals surface area contributed by atoms with Crippen molar-refractivity contribution < 1.29 is 22.7 Å². The van der Waals surface area contributed by atoms with E-state index >= 15 is 0 Å². The van der Waals surface area contributed by atoms with Crippen LogP contribution in [0.3, 0.4) is 0 Å². The van der Waals surface area contributed by atoms with Crippen molar-refractivity contribution in [2.45, 2.75) is 46.0 Å². The zero-order valence-corrected chi connectivity index (χ0v) is 18.1. The van der Waals surface area contributed by atoms with Gasteiger partial charge in [-0.3, -0.25) is 4.79 Å². The van der Waals surface area contributed by atoms with Crippen LogP contribution in [-0.2, 0) is 19.6 Å². The second-order valence-electron chi connectivity index (χ2n) is 7.57. The van der Waals surface area contributed by atoms with Gasteiger partial charge in [-0.15, -0.1) is 0 Å². The smallest absolute Gasteiger partial charge is 0.261 e. The molecule has 1 aromatic carbocycles. The number of hydrogen-bond donors (Lipinski definition) is 1. The largest absolute Gasteiger partial charge is 0.479 e. The first-order valence-electron chi connectivity index (χ1n) is 9.70. The van der Waals surface area contributed by atoms with Crippen molar-refractivity contribution in [3.05, 3.63) is 29.8 Å². The molecular weight excluding hydrogens is 394 g/mol. The quantitative estimate of drug-likeness (QED) is 0.679. The Balaban J connectivity index is 1.96. The third-order valence-corrected chi connectivity index (χ3v) is 6.37. The maximum Gasteiger partial charge on any atom is 0.261 e. The Kier molecular flexibility index (Phi) is 8.02. The first-order chi connectivity index (χ1) is 13.6. The monoisotopic (exact) mass is 423 g/mol. The zero-order chi connectivity index (χ0) is 21.6. The van der Waals surface area contributed by atoms with Crippen molar-refractivity contribution in [1.29, 1.82) is 5.26 Å². The van der Waals surface area contributed by atoms with E-state index < -0.39 is 22.0 Å². The van der Waals surface area contributed by atoms with E-state index in [4.69, 9.17) is 9.47 Å². The summed E-state index contributed by atoms with van der Waals surface area (Å²) in [7, 11) is -3.51. The Morgan fingerprint density at radius 2 is 1.93 bits per heavy atom. The molecule has 8 nitrogen and oxygen atoms in total. The molecule has 1 heterocycles. The summed E-state index contributed by atoms with van der Waals surface area (Å²) in [6.45, 7) is 7.92. The lowest BCUT2D eigenvalue weighted by molar-refractivity contribution is -0.129. The Bertz CT molecular complexity index is 840. The Morgan fingerprint density at radius 1 is 1.31 bits per heavy atom. The molecule has 2 rings (SSSR count). The van der Waals surface area contributed by atoms with Crippen LogP contribution in [0.1, 0.15) is 33.3 Å². The lowest BCUT2D eigenvalue weighted by Gasteiger charge is -2.34. The number of rotatable bonds is 8. The highest BCUT2D eigenvalue weighted by atomic mass is 32.2. The topological polar surface area (TPSA) is 109 Å². The molecule has 0 spiro atoms. The highest BCUT2D eigenvalue weighted by molar-refractivity contribution is 7.89. The number of amides is 1. The number of morpholine rings is 1. The van der Waals surface area contributed by atoms with Gasteiger partial charge in [0.25, 0.3) is 5.91 Å². The minimum absolute atomic E-state index is 0.0201. The fraction of sp³-hybridized carbons (Fsp3) is 0.600. The van der Waals surface area contributed by atoms with Crippen molar-refractivity contribution in [2.75, 3.05) is 25.4 Å². The normalized spacial score (nSPS) is 21.4. The standard InChI is InChI=1S/C20H29N3O5S/c1-14(2)19(28-18-8-6-5-7-17(18)11-21)20(24)22-9-10-29(25,26)23-12-15(3)27-16(4)13-23/h5-8,14-16,19H,9-10,12-13H2,1-4H3,(H,22,24). The van der Waals surface area contributed by atoms with Crippen LogP contribution in [0.4, 0.5) is 0 Å². The molecule has 1 aliphatic heterocycles. The van der Waals surface area contributed by atoms with Gasteiger partial charge in [-0.2, -0.15) is 9.57 Å². The van der Waals surface area contributed by atoms with Crippen molar-refractivity contribution in [1.82, 2.24) is 9.62 Å². The van der Waals surface area contributed by atoms with E-state index in [1.807, 2.05) is 33.8 Å². The van der Waals surface area contributed by atoms with Crippen molar-refractivity contribution in [2.24, 2.45) is 5.92 Å². The van der Waals surface area contributed by atoms with E-state index in [-0.39, 0.29) is 30.4 Å². The van der Waals surface area contributed by atoms with Crippen LogP contribution in [0.15, 0.2) is 24.3 Å². The average molecular weight is 424 g/mol. The molecule has 0 saturated carbocycles. The van der Waals surface area contributed by atoms with E-state index in [0.29, 0.717) is 24.4 Å². The van der Waals surface area contributed by atoms with Gasteiger partial charge in [0.2, 0.25) is 10.0 Å². The van der Waals surface area contributed by atoms with Crippen LogP contribution in [0.5, 0.6) is 5.75 Å². The van der Waals surface area contributed by atoms with Crippen molar-refractivity contribution in [3.8, 4) is 11.8 Å². The molecule has 1 saturated heterocycles. The minimum atomic E-state index is -3.51. The average Bonchev–Trinajstić information content (AvgIpc) is 2.65. The van der Waals surface area contributed by atoms with Crippen LogP contribution in [0.25, 0.3) is 0 Å². The van der Waals surface area contributed by atoms with Gasteiger partial charge in [-0.05, 0) is 31.9 Å². The van der Waals surface area contributed by atoms with E-state index in [2.05, 4.69) is 5.32 Å². The highest BCUT2D eigenvalue weighted by Crippen LogP contribution is 2.21. The lowest BCUT2D eigenvalue weighted by Crippen LogP contribution is -2.50. The van der Waals surface area contributed by atoms with Gasteiger partial charge in [0, 0.05) is 19.6 Å². The number of carbonyl (C=O) groups excluding carboxylic acids is 1. The molecule has 160 valence electrons. The predicted octanol–water partition coefficient (Wildman–Crippen LogP) is 1.52. The van der Waals surface area contributed by atoms with Crippen LogP contribution in [0.2, 0.25) is 0 Å². The van der Waals surface area contributed by atoms with Gasteiger partial charge in [-0.1, -0.05) is 26.0 Å². The number of sulfonamides is 1. The summed E-state index contributed by atoms with van der Waals surface area (Å²) in [4.78, 5) is 12.6. The van der Waals surface area contributed by atoms with Gasteiger partial charge >= 0.3 is 0 Å². The second-order valence-corrected chi connectivity index (χ2v) is 9.66. The lowest BCUT2D eigenvalue weighted by atomic mass is 10.1. The maximum atomic E-state index is 12.6. The number of nitrogens with one attached hydrogen (secondary N) is 1.